The largest absolute Gasteiger partial charge is 0.335 e. The molecule has 3 aromatic rings. The van der Waals surface area contributed by atoms with Crippen LogP contribution in [0.5, 0.6) is 0 Å². The first-order valence-corrected chi connectivity index (χ1v) is 19.1. The molecule has 47 heavy (non-hydrogen) atoms. The van der Waals surface area contributed by atoms with Gasteiger partial charge in [-0.3, -0.25) is 9.69 Å². The fraction of sp³-hybridized carbons (Fsp3) is 0.528. The van der Waals surface area contributed by atoms with E-state index in [2.05, 4.69) is 68.6 Å². The van der Waals surface area contributed by atoms with Crippen molar-refractivity contribution in [2.75, 3.05) is 49.3 Å². The van der Waals surface area contributed by atoms with Crippen molar-refractivity contribution in [2.24, 2.45) is 0 Å². The second-order valence-corrected chi connectivity index (χ2v) is 20.0. The number of fused-ring (bicyclic) bond motifs is 1. The number of likely N-dealkylation sites (N-methyl/N-ethyl adjacent to an activating group) is 2. The molecule has 5 rings (SSSR count). The Hall–Kier alpha value is -4.01. The number of nitrogens with one attached hydrogen (secondary N) is 2. The topological polar surface area (TPSA) is 107 Å². The van der Waals surface area contributed by atoms with Crippen LogP contribution in [0.1, 0.15) is 72.8 Å². The Morgan fingerprint density at radius 1 is 1.02 bits per heavy atom. The quantitative estimate of drug-likeness (QED) is 0.195. The van der Waals surface area contributed by atoms with E-state index in [1.165, 1.54) is 0 Å². The van der Waals surface area contributed by atoms with Crippen LogP contribution in [0.3, 0.4) is 0 Å². The van der Waals surface area contributed by atoms with E-state index in [1.807, 2.05) is 54.2 Å². The molecule has 11 heteroatoms. The first-order valence-electron chi connectivity index (χ1n) is 16.8. The Morgan fingerprint density at radius 2 is 1.66 bits per heavy atom. The van der Waals surface area contributed by atoms with Gasteiger partial charge in [0, 0.05) is 36.7 Å². The van der Waals surface area contributed by atoms with Crippen LogP contribution in [0.15, 0.2) is 36.5 Å². The maximum Gasteiger partial charge on any atom is 0.323 e. The molecule has 1 saturated carbocycles. The Morgan fingerprint density at radius 3 is 2.26 bits per heavy atom. The van der Waals surface area contributed by atoms with Crippen molar-refractivity contribution in [1.29, 1.82) is 0 Å². The lowest BCUT2D eigenvalue weighted by atomic mass is 9.97. The molecule has 1 spiro atoms. The van der Waals surface area contributed by atoms with Crippen molar-refractivity contribution in [3.05, 3.63) is 42.1 Å². The number of hydrogen-bond acceptors (Lipinski definition) is 7. The molecule has 1 aliphatic carbocycles. The first kappa shape index (κ1) is 34.3. The van der Waals surface area contributed by atoms with Crippen LogP contribution in [-0.4, -0.2) is 79.6 Å². The monoisotopic (exact) mass is 654 g/mol. The number of rotatable bonds is 9. The van der Waals surface area contributed by atoms with Crippen LogP contribution in [0.4, 0.5) is 27.9 Å². The first-order chi connectivity index (χ1) is 22.3. The molecule has 2 aromatic heterocycles. The summed E-state index contributed by atoms with van der Waals surface area (Å²) in [5.41, 5.74) is 7.91. The lowest BCUT2D eigenvalue weighted by Gasteiger charge is -2.38. The van der Waals surface area contributed by atoms with E-state index in [0.717, 1.165) is 48.0 Å². The van der Waals surface area contributed by atoms with Gasteiger partial charge in [0.15, 0.2) is 5.65 Å². The molecule has 250 valence electrons. The lowest BCUT2D eigenvalue weighted by Crippen LogP contribution is -2.45. The van der Waals surface area contributed by atoms with Gasteiger partial charge in [0.25, 0.3) is 0 Å². The second kappa shape index (κ2) is 13.6. The minimum Gasteiger partial charge on any atom is -0.335 e. The number of anilines is 4. The van der Waals surface area contributed by atoms with Gasteiger partial charge in [-0.2, -0.15) is 4.98 Å². The van der Waals surface area contributed by atoms with Crippen LogP contribution >= 0.6 is 0 Å². The highest BCUT2D eigenvalue weighted by Crippen LogP contribution is 2.42. The van der Waals surface area contributed by atoms with Gasteiger partial charge in [0.2, 0.25) is 11.9 Å². The number of carbonyl (C=O) groups excluding carboxylic acids is 2. The molecular weight excluding hydrogens is 605 g/mol. The molecule has 3 amide bonds. The van der Waals surface area contributed by atoms with Gasteiger partial charge in [-0.1, -0.05) is 60.3 Å². The molecule has 10 nitrogen and oxygen atoms in total. The summed E-state index contributed by atoms with van der Waals surface area (Å²) < 4.78 is 0. The van der Waals surface area contributed by atoms with Crippen LogP contribution < -0.4 is 20.4 Å². The summed E-state index contributed by atoms with van der Waals surface area (Å²) in [7, 11) is 3.49. The third-order valence-electron chi connectivity index (χ3n) is 10.2. The summed E-state index contributed by atoms with van der Waals surface area (Å²) in [5, 5.41) is 7.15. The smallest absolute Gasteiger partial charge is 0.323 e. The number of carbonyl (C=O) groups is 2. The molecule has 0 bridgehead atoms. The van der Waals surface area contributed by atoms with Crippen molar-refractivity contribution < 1.29 is 9.59 Å². The second-order valence-electron chi connectivity index (χ2n) is 14.4. The van der Waals surface area contributed by atoms with Gasteiger partial charge < -0.3 is 20.4 Å². The van der Waals surface area contributed by atoms with E-state index in [1.54, 1.807) is 18.1 Å². The highest BCUT2D eigenvalue weighted by atomic mass is 28.3. The van der Waals surface area contributed by atoms with Crippen LogP contribution in [0.25, 0.3) is 11.0 Å². The molecule has 2 fully saturated rings. The zero-order valence-corrected chi connectivity index (χ0v) is 30.4. The van der Waals surface area contributed by atoms with E-state index in [4.69, 9.17) is 9.97 Å². The van der Waals surface area contributed by atoms with Crippen molar-refractivity contribution in [3.63, 3.8) is 0 Å². The number of aromatic nitrogens is 3. The van der Waals surface area contributed by atoms with E-state index >= 15 is 0 Å². The number of urea groups is 1. The van der Waals surface area contributed by atoms with E-state index < -0.39 is 8.07 Å². The number of hydrogen-bond donors (Lipinski definition) is 2. The highest BCUT2D eigenvalue weighted by molar-refractivity contribution is 6.90. The fourth-order valence-electron chi connectivity index (χ4n) is 7.69. The van der Waals surface area contributed by atoms with Crippen LogP contribution in [0.2, 0.25) is 16.6 Å². The van der Waals surface area contributed by atoms with Crippen molar-refractivity contribution >= 4 is 54.2 Å². The molecule has 3 heterocycles. The molecule has 2 N–H and O–H groups in total. The summed E-state index contributed by atoms with van der Waals surface area (Å²) >= 11 is 0. The Bertz CT molecular complexity index is 1670. The molecule has 1 aromatic carbocycles. The maximum atomic E-state index is 13.3. The third-order valence-corrected chi connectivity index (χ3v) is 16.5. The van der Waals surface area contributed by atoms with Gasteiger partial charge in [0.1, 0.15) is 13.9 Å². The SMILES string of the molecule is CC(C)[Si](C#Cc1cc(N2C(=O)NCC23CCCC3)nc2nc(Nc3ccc(N(C)C(=O)CN(C)C)cc3)ncc12)(C(C)C)C(C)C. The average Bonchev–Trinajstić information content (AvgIpc) is 3.61. The normalized spacial score (nSPS) is 16.0. The van der Waals surface area contributed by atoms with Gasteiger partial charge in [0.05, 0.1) is 17.5 Å². The summed E-state index contributed by atoms with van der Waals surface area (Å²) in [6.07, 6.45) is 5.85. The molecule has 1 saturated heterocycles. The summed E-state index contributed by atoms with van der Waals surface area (Å²) in [6.45, 7) is 14.8. The zero-order chi connectivity index (χ0) is 34.1. The van der Waals surface area contributed by atoms with Crippen molar-refractivity contribution in [2.45, 2.75) is 89.4 Å². The zero-order valence-electron chi connectivity index (χ0n) is 29.4. The van der Waals surface area contributed by atoms with Crippen molar-refractivity contribution in [1.82, 2.24) is 25.2 Å². The lowest BCUT2D eigenvalue weighted by molar-refractivity contribution is -0.118. The molecule has 0 radical (unpaired) electrons. The van der Waals surface area contributed by atoms with E-state index in [0.29, 0.717) is 47.1 Å². The highest BCUT2D eigenvalue weighted by Gasteiger charge is 2.48. The summed E-state index contributed by atoms with van der Waals surface area (Å²) in [5.74, 6) is 4.60. The molecule has 1 aliphatic heterocycles. The van der Waals surface area contributed by atoms with Gasteiger partial charge in [-0.05, 0) is 73.9 Å². The average molecular weight is 655 g/mol. The minimum absolute atomic E-state index is 0.00973. The molecule has 0 atom stereocenters. The number of pyridine rings is 1. The van der Waals surface area contributed by atoms with Gasteiger partial charge in [-0.25, -0.2) is 14.8 Å². The summed E-state index contributed by atoms with van der Waals surface area (Å²) in [6, 6.07) is 9.44. The predicted octanol–water partition coefficient (Wildman–Crippen LogP) is 6.70. The third kappa shape index (κ3) is 6.72. The molecule has 0 unspecified atom stereocenters. The van der Waals surface area contributed by atoms with E-state index in [9.17, 15) is 9.59 Å². The Balaban J connectivity index is 1.56. The Kier molecular flexibility index (Phi) is 9.94. The molecular formula is C36H50N8O2Si. The molecule has 2 aliphatic rings. The van der Waals surface area contributed by atoms with Gasteiger partial charge >= 0.3 is 6.03 Å². The Labute approximate surface area is 280 Å². The van der Waals surface area contributed by atoms with E-state index in [-0.39, 0.29) is 17.5 Å². The van der Waals surface area contributed by atoms with Crippen molar-refractivity contribution in [3.8, 4) is 11.5 Å². The van der Waals surface area contributed by atoms with Crippen LogP contribution in [-0.2, 0) is 4.79 Å². The maximum absolute atomic E-state index is 13.3. The summed E-state index contributed by atoms with van der Waals surface area (Å²) in [4.78, 5) is 45.7. The van der Waals surface area contributed by atoms with Crippen LogP contribution in [0, 0.1) is 11.5 Å². The predicted molar refractivity (Wildman–Crippen MR) is 194 cm³/mol. The number of nitrogens with zero attached hydrogens (tertiary/aromatic N) is 6. The van der Waals surface area contributed by atoms with Gasteiger partial charge in [-0.15, -0.1) is 5.54 Å². The minimum atomic E-state index is -2.04. The number of amides is 3. The standard InChI is InChI=1S/C36H50N8O2Si/c1-24(2)47(25(3)4,26(5)6)19-16-27-20-31(44-35(46)38-23-36(44)17-10-11-18-36)40-33-30(27)21-37-34(41-33)39-28-12-14-29(15-13-28)43(9)32(45)22-42(7)8/h12-15,20-21,24-26H,10-11,17-18,22-23H2,1-9H3,(H,38,46)(H,37,39,40,41). The fourth-order valence-corrected chi connectivity index (χ4v) is 12.9. The number of benzene rings is 1.